The molecule has 6 heteroatoms. The van der Waals surface area contributed by atoms with E-state index < -0.39 is 8.24 Å². The molecule has 0 atom stereocenters. The molecule has 0 fully saturated rings. The molecule has 7 rings (SSSR count). The maximum atomic E-state index is 5.32. The molecule has 3 aromatic heterocycles. The Kier molecular flexibility index (Phi) is 5.83. The van der Waals surface area contributed by atoms with Crippen LogP contribution < -0.4 is 15.7 Å². The van der Waals surface area contributed by atoms with Crippen molar-refractivity contribution in [3.63, 3.8) is 0 Å². The minimum atomic E-state index is -3.06. The highest BCUT2D eigenvalue weighted by molar-refractivity contribution is 7.10. The highest BCUT2D eigenvalue weighted by atomic mass is 28.3. The summed E-state index contributed by atoms with van der Waals surface area (Å²) in [6, 6.07) is 43.1. The molecule has 5 nitrogen and oxygen atoms in total. The molecule has 4 aromatic carbocycles. The smallest absolute Gasteiger partial charge is 0.276 e. The lowest BCUT2D eigenvalue weighted by atomic mass is 10.2. The van der Waals surface area contributed by atoms with E-state index in [1.165, 1.54) is 32.2 Å². The van der Waals surface area contributed by atoms with E-state index in [0.29, 0.717) is 11.6 Å². The zero-order valence-corrected chi connectivity index (χ0v) is 23.4. The highest BCUT2D eigenvalue weighted by Crippen LogP contribution is 2.31. The number of benzene rings is 4. The van der Waals surface area contributed by atoms with Gasteiger partial charge in [-0.1, -0.05) is 97.1 Å². The van der Waals surface area contributed by atoms with E-state index in [2.05, 4.69) is 124 Å². The van der Waals surface area contributed by atoms with E-state index in [1.54, 1.807) is 0 Å². The summed E-state index contributed by atoms with van der Waals surface area (Å²) >= 11 is 0. The van der Waals surface area contributed by atoms with Gasteiger partial charge in [-0.15, -0.1) is 0 Å². The van der Waals surface area contributed by atoms with Crippen LogP contribution in [-0.4, -0.2) is 32.4 Å². The van der Waals surface area contributed by atoms with E-state index in [0.717, 1.165) is 16.7 Å². The van der Waals surface area contributed by atoms with E-state index in [1.807, 2.05) is 26.1 Å². The van der Waals surface area contributed by atoms with Crippen LogP contribution in [0.25, 0.3) is 33.5 Å². The fourth-order valence-corrected chi connectivity index (χ4v) is 10.7. The van der Waals surface area contributed by atoms with Gasteiger partial charge in [0.1, 0.15) is 0 Å². The molecule has 0 aliphatic carbocycles. The molecule has 40 heavy (non-hydrogen) atoms. The van der Waals surface area contributed by atoms with Crippen molar-refractivity contribution in [2.24, 2.45) is 0 Å². The van der Waals surface area contributed by atoms with Crippen molar-refractivity contribution in [3.8, 4) is 11.6 Å². The Bertz CT molecular complexity index is 1870. The van der Waals surface area contributed by atoms with E-state index in [9.17, 15) is 0 Å². The Morgan fingerprint density at radius 2 is 1.02 bits per heavy atom. The molecule has 0 spiro atoms. The van der Waals surface area contributed by atoms with E-state index in [4.69, 9.17) is 15.0 Å². The molecule has 3 heterocycles. The summed E-state index contributed by atoms with van der Waals surface area (Å²) in [5.41, 5.74) is 4.17. The van der Waals surface area contributed by atoms with Crippen molar-refractivity contribution in [2.75, 3.05) is 0 Å². The summed E-state index contributed by atoms with van der Waals surface area (Å²) in [6.07, 6.45) is 1.86. The largest absolute Gasteiger partial charge is 0.354 e. The molecule has 0 aliphatic heterocycles. The number of hydrogen-bond donors (Lipinski definition) is 0. The first-order valence-electron chi connectivity index (χ1n) is 13.4. The lowest BCUT2D eigenvalue weighted by molar-refractivity contribution is 1.02. The van der Waals surface area contributed by atoms with Gasteiger partial charge in [-0.2, -0.15) is 0 Å². The van der Waals surface area contributed by atoms with Crippen molar-refractivity contribution in [2.45, 2.75) is 13.8 Å². The van der Waals surface area contributed by atoms with Crippen molar-refractivity contribution >= 4 is 45.7 Å². The molecule has 0 amide bonds. The Morgan fingerprint density at radius 3 is 1.57 bits per heavy atom. The Balaban J connectivity index is 1.67. The maximum Gasteiger partial charge on any atom is 0.276 e. The van der Waals surface area contributed by atoms with Crippen molar-refractivity contribution in [1.82, 2.24) is 24.2 Å². The number of rotatable bonds is 5. The molecule has 0 radical (unpaired) electrons. The summed E-state index contributed by atoms with van der Waals surface area (Å²) in [6.45, 7) is 3.96. The first-order valence-corrected chi connectivity index (χ1v) is 15.4. The van der Waals surface area contributed by atoms with Gasteiger partial charge in [0.15, 0.2) is 11.6 Å². The molecule has 0 bridgehead atoms. The van der Waals surface area contributed by atoms with Crippen molar-refractivity contribution < 1.29 is 0 Å². The summed E-state index contributed by atoms with van der Waals surface area (Å²) in [7, 11) is -3.06. The molecule has 192 valence electrons. The van der Waals surface area contributed by atoms with Crippen LogP contribution in [-0.2, 0) is 0 Å². The molecule has 0 N–H and O–H groups in total. The molecule has 0 saturated carbocycles. The minimum Gasteiger partial charge on any atom is -0.354 e. The van der Waals surface area contributed by atoms with Crippen molar-refractivity contribution in [3.05, 3.63) is 139 Å². The molecule has 0 saturated heterocycles. The number of hydrogen-bond acceptors (Lipinski definition) is 4. The van der Waals surface area contributed by atoms with Gasteiger partial charge in [-0.25, -0.2) is 19.9 Å². The molecule has 7 aromatic rings. The quantitative estimate of drug-likeness (QED) is 0.286. The maximum absolute atomic E-state index is 5.32. The first-order chi connectivity index (χ1) is 19.7. The van der Waals surface area contributed by atoms with Crippen LogP contribution in [0.3, 0.4) is 0 Å². The Hall–Kier alpha value is -4.94. The number of aryl methyl sites for hydroxylation is 2. The van der Waals surface area contributed by atoms with E-state index in [-0.39, 0.29) is 0 Å². The number of fused-ring (bicyclic) bond motifs is 3. The van der Waals surface area contributed by atoms with Gasteiger partial charge in [0.25, 0.3) is 8.24 Å². The van der Waals surface area contributed by atoms with Crippen LogP contribution in [0.2, 0.25) is 0 Å². The van der Waals surface area contributed by atoms with Gasteiger partial charge >= 0.3 is 0 Å². The van der Waals surface area contributed by atoms with Gasteiger partial charge in [0.05, 0.1) is 5.32 Å². The number of nitrogens with zero attached hydrogens (tertiary/aromatic N) is 5. The summed E-state index contributed by atoms with van der Waals surface area (Å²) < 4.78 is 2.58. The third-order valence-corrected chi connectivity index (χ3v) is 12.0. The molecule has 0 aliphatic rings. The van der Waals surface area contributed by atoms with Crippen LogP contribution in [0.5, 0.6) is 0 Å². The highest BCUT2D eigenvalue weighted by Gasteiger charge is 2.46. The molecule has 0 unspecified atom stereocenters. The molecular formula is C34H27N5Si. The Labute approximate surface area is 234 Å². The number of para-hydroxylation sites is 2. The predicted molar refractivity (Wildman–Crippen MR) is 165 cm³/mol. The van der Waals surface area contributed by atoms with Crippen LogP contribution in [0.15, 0.2) is 128 Å². The van der Waals surface area contributed by atoms with Crippen LogP contribution >= 0.6 is 0 Å². The van der Waals surface area contributed by atoms with Gasteiger partial charge in [-0.05, 0) is 48.5 Å². The van der Waals surface area contributed by atoms with Gasteiger partial charge < -0.3 is 4.23 Å². The minimum absolute atomic E-state index is 0.536. The van der Waals surface area contributed by atoms with Crippen LogP contribution in [0, 0.1) is 13.8 Å². The standard InChI is InChI=1S/C34H27N5Si/c1-24-23-25(2)37-34(36-24)33-35-22-21-32(38-33)40(26-13-5-3-6-14-26,27-15-7-4-8-16-27)39-30-19-11-9-17-28(30)29-18-10-12-20-31(29)39/h3-23H,1-2H3. The fraction of sp³-hybridized carbons (Fsp3) is 0.0588. The molecular weight excluding hydrogens is 506 g/mol. The van der Waals surface area contributed by atoms with Gasteiger partial charge in [-0.3, -0.25) is 0 Å². The lowest BCUT2D eigenvalue weighted by Crippen LogP contribution is -2.73. The summed E-state index contributed by atoms with van der Waals surface area (Å²) in [5.74, 6) is 1.08. The van der Waals surface area contributed by atoms with Crippen LogP contribution in [0.4, 0.5) is 0 Å². The zero-order chi connectivity index (χ0) is 27.1. The first kappa shape index (κ1) is 24.1. The zero-order valence-electron chi connectivity index (χ0n) is 22.4. The fourth-order valence-electron chi connectivity index (χ4n) is 5.97. The van der Waals surface area contributed by atoms with Crippen molar-refractivity contribution in [1.29, 1.82) is 0 Å². The second kappa shape index (κ2) is 9.66. The average molecular weight is 534 g/mol. The third kappa shape index (κ3) is 3.76. The summed E-state index contributed by atoms with van der Waals surface area (Å²) in [4.78, 5) is 19.4. The third-order valence-electron chi connectivity index (χ3n) is 7.51. The van der Waals surface area contributed by atoms with Gasteiger partial charge in [0.2, 0.25) is 0 Å². The van der Waals surface area contributed by atoms with Gasteiger partial charge in [0, 0.05) is 39.4 Å². The topological polar surface area (TPSA) is 56.5 Å². The second-order valence-corrected chi connectivity index (χ2v) is 13.6. The van der Waals surface area contributed by atoms with E-state index >= 15 is 0 Å². The number of aromatic nitrogens is 5. The van der Waals surface area contributed by atoms with Crippen LogP contribution in [0.1, 0.15) is 11.4 Å². The average Bonchev–Trinajstić information content (AvgIpc) is 3.33. The Morgan fingerprint density at radius 1 is 0.525 bits per heavy atom. The second-order valence-electron chi connectivity index (χ2n) is 10.1. The normalized spacial score (nSPS) is 11.8. The predicted octanol–water partition coefficient (Wildman–Crippen LogP) is 5.17. The monoisotopic (exact) mass is 533 g/mol. The lowest BCUT2D eigenvalue weighted by Gasteiger charge is -2.35. The summed E-state index contributed by atoms with van der Waals surface area (Å²) in [5, 5.41) is 5.91. The SMILES string of the molecule is Cc1cc(C)nc(-c2nccc([Si](c3ccccc3)(c3ccccc3)n3c4ccccc4c4ccccc43)n2)n1.